The van der Waals surface area contributed by atoms with Gasteiger partial charge in [-0.05, 0) is 38.0 Å². The zero-order valence-electron chi connectivity index (χ0n) is 19.4. The quantitative estimate of drug-likeness (QED) is 0.178. The van der Waals surface area contributed by atoms with Crippen molar-refractivity contribution in [3.63, 3.8) is 0 Å². The van der Waals surface area contributed by atoms with Gasteiger partial charge < -0.3 is 36.6 Å². The average Bonchev–Trinajstić information content (AvgIpc) is 3.22. The lowest BCUT2D eigenvalue weighted by molar-refractivity contribution is -0.150. The molecule has 0 saturated carbocycles. The summed E-state index contributed by atoms with van der Waals surface area (Å²) in [7, 11) is 0. The molecule has 4 atom stereocenters. The van der Waals surface area contributed by atoms with E-state index in [1.54, 1.807) is 0 Å². The Morgan fingerprint density at radius 3 is 1.94 bits per heavy atom. The van der Waals surface area contributed by atoms with Crippen molar-refractivity contribution in [1.82, 2.24) is 15.5 Å². The Bertz CT molecular complexity index is 786. The number of nitrogens with one attached hydrogen (secondary N) is 2. The molecule has 0 aliphatic carbocycles. The normalized spacial score (nSPS) is 18.1. The van der Waals surface area contributed by atoms with E-state index in [1.165, 1.54) is 0 Å². The molecule has 1 heterocycles. The van der Waals surface area contributed by atoms with E-state index in [2.05, 4.69) is 10.6 Å². The van der Waals surface area contributed by atoms with E-state index < -0.39 is 72.6 Å². The molecule has 34 heavy (non-hydrogen) atoms. The Hall–Kier alpha value is -3.22. The van der Waals surface area contributed by atoms with E-state index in [4.69, 9.17) is 15.9 Å². The van der Waals surface area contributed by atoms with Crippen LogP contribution in [0.2, 0.25) is 0 Å². The van der Waals surface area contributed by atoms with Crippen LogP contribution in [0.4, 0.5) is 0 Å². The highest BCUT2D eigenvalue weighted by Crippen LogP contribution is 2.20. The maximum atomic E-state index is 13.0. The van der Waals surface area contributed by atoms with Crippen molar-refractivity contribution in [3.8, 4) is 0 Å². The molecular weight excluding hydrogens is 452 g/mol. The molecule has 7 N–H and O–H groups in total. The largest absolute Gasteiger partial charge is 0.481 e. The summed E-state index contributed by atoms with van der Waals surface area (Å²) in [5.74, 6) is -5.86. The summed E-state index contributed by atoms with van der Waals surface area (Å²) in [5, 5.41) is 32.2. The number of likely N-dealkylation sites (tertiary alicyclic amines) is 1. The lowest BCUT2D eigenvalue weighted by atomic mass is 10.0. The molecule has 1 aliphatic rings. The number of carbonyl (C=O) groups excluding carboxylic acids is 3. The van der Waals surface area contributed by atoms with E-state index in [0.29, 0.717) is 12.8 Å². The zero-order chi connectivity index (χ0) is 26.0. The third-order valence-corrected chi connectivity index (χ3v) is 5.42. The van der Waals surface area contributed by atoms with Gasteiger partial charge in [0, 0.05) is 19.4 Å². The summed E-state index contributed by atoms with van der Waals surface area (Å²) in [4.78, 5) is 73.0. The van der Waals surface area contributed by atoms with Crippen molar-refractivity contribution < 1.29 is 44.1 Å². The van der Waals surface area contributed by atoms with E-state index in [9.17, 15) is 33.9 Å². The van der Waals surface area contributed by atoms with Crippen LogP contribution in [0.15, 0.2) is 0 Å². The van der Waals surface area contributed by atoms with Crippen molar-refractivity contribution in [2.24, 2.45) is 11.7 Å². The van der Waals surface area contributed by atoms with Crippen LogP contribution in [0, 0.1) is 5.92 Å². The van der Waals surface area contributed by atoms with Crippen molar-refractivity contribution >= 4 is 35.6 Å². The molecule has 0 radical (unpaired) electrons. The van der Waals surface area contributed by atoms with Gasteiger partial charge in [-0.3, -0.25) is 24.0 Å². The summed E-state index contributed by atoms with van der Waals surface area (Å²) < 4.78 is 0. The summed E-state index contributed by atoms with van der Waals surface area (Å²) in [6.45, 7) is 3.84. The second-order valence-electron chi connectivity index (χ2n) is 8.75. The Balaban J connectivity index is 3.04. The number of carboxylic acids is 3. The molecule has 3 amide bonds. The van der Waals surface area contributed by atoms with Crippen LogP contribution in [0.3, 0.4) is 0 Å². The monoisotopic (exact) mass is 486 g/mol. The highest BCUT2D eigenvalue weighted by molar-refractivity contribution is 5.94. The first kappa shape index (κ1) is 28.8. The van der Waals surface area contributed by atoms with Gasteiger partial charge in [-0.15, -0.1) is 0 Å². The van der Waals surface area contributed by atoms with Crippen LogP contribution < -0.4 is 16.4 Å². The zero-order valence-corrected chi connectivity index (χ0v) is 19.4. The molecule has 13 heteroatoms. The average molecular weight is 487 g/mol. The Labute approximate surface area is 197 Å². The predicted octanol–water partition coefficient (Wildman–Crippen LogP) is -0.865. The maximum absolute atomic E-state index is 13.0. The second-order valence-corrected chi connectivity index (χ2v) is 8.75. The highest BCUT2D eigenvalue weighted by Gasteiger charge is 2.38. The van der Waals surface area contributed by atoms with Gasteiger partial charge in [0.25, 0.3) is 0 Å². The molecule has 1 saturated heterocycles. The SMILES string of the molecule is CC(C)CC(N)C(=O)NC(CCC(=O)O)C(=O)NC(CCC(=O)O)C(=O)N1CCCC1C(=O)O. The fourth-order valence-corrected chi connectivity index (χ4v) is 3.72. The molecular formula is C21H34N4O9. The number of hydrogen-bond donors (Lipinski definition) is 6. The third kappa shape index (κ3) is 9.33. The number of nitrogens with zero attached hydrogens (tertiary/aromatic N) is 1. The van der Waals surface area contributed by atoms with Crippen molar-refractivity contribution in [1.29, 1.82) is 0 Å². The van der Waals surface area contributed by atoms with Gasteiger partial charge in [-0.2, -0.15) is 0 Å². The summed E-state index contributed by atoms with van der Waals surface area (Å²) in [6, 6.07) is -4.73. The second kappa shape index (κ2) is 13.5. The number of amides is 3. The van der Waals surface area contributed by atoms with Gasteiger partial charge in [0.15, 0.2) is 0 Å². The molecule has 0 spiro atoms. The molecule has 1 rings (SSSR count). The number of carboxylic acid groups (broad SMARTS) is 3. The van der Waals surface area contributed by atoms with Gasteiger partial charge >= 0.3 is 17.9 Å². The Morgan fingerprint density at radius 1 is 0.912 bits per heavy atom. The topological polar surface area (TPSA) is 216 Å². The molecule has 0 aromatic rings. The molecule has 0 aromatic carbocycles. The molecule has 1 aliphatic heterocycles. The highest BCUT2D eigenvalue weighted by atomic mass is 16.4. The summed E-state index contributed by atoms with van der Waals surface area (Å²) in [6.07, 6.45) is -0.548. The van der Waals surface area contributed by atoms with Crippen LogP contribution in [-0.2, 0) is 28.8 Å². The number of hydrogen-bond acceptors (Lipinski definition) is 7. The number of rotatable bonds is 14. The Morgan fingerprint density at radius 2 is 1.44 bits per heavy atom. The van der Waals surface area contributed by atoms with Crippen LogP contribution in [0.1, 0.15) is 58.8 Å². The molecule has 4 unspecified atom stereocenters. The van der Waals surface area contributed by atoms with E-state index in [0.717, 1.165) is 4.90 Å². The first-order chi connectivity index (χ1) is 15.8. The minimum absolute atomic E-state index is 0.0905. The summed E-state index contributed by atoms with van der Waals surface area (Å²) >= 11 is 0. The van der Waals surface area contributed by atoms with Crippen LogP contribution in [0.5, 0.6) is 0 Å². The number of nitrogens with two attached hydrogens (primary N) is 1. The fraction of sp³-hybridized carbons (Fsp3) is 0.714. The lowest BCUT2D eigenvalue weighted by Gasteiger charge is -2.28. The van der Waals surface area contributed by atoms with Crippen LogP contribution in [-0.4, -0.2) is 86.6 Å². The number of carbonyl (C=O) groups is 6. The fourth-order valence-electron chi connectivity index (χ4n) is 3.72. The van der Waals surface area contributed by atoms with Gasteiger partial charge in [-0.25, -0.2) is 4.79 Å². The molecule has 192 valence electrons. The van der Waals surface area contributed by atoms with Crippen molar-refractivity contribution in [2.75, 3.05) is 6.54 Å². The molecule has 0 bridgehead atoms. The minimum Gasteiger partial charge on any atom is -0.481 e. The van der Waals surface area contributed by atoms with Gasteiger partial charge in [0.2, 0.25) is 17.7 Å². The molecule has 13 nitrogen and oxygen atoms in total. The van der Waals surface area contributed by atoms with Gasteiger partial charge in [-0.1, -0.05) is 13.8 Å². The Kier molecular flexibility index (Phi) is 11.4. The first-order valence-corrected chi connectivity index (χ1v) is 11.2. The minimum atomic E-state index is -1.36. The van der Waals surface area contributed by atoms with Crippen molar-refractivity contribution in [3.05, 3.63) is 0 Å². The molecule has 0 aromatic heterocycles. The van der Waals surface area contributed by atoms with Crippen LogP contribution in [0.25, 0.3) is 0 Å². The number of aliphatic carboxylic acids is 3. The van der Waals surface area contributed by atoms with E-state index in [1.807, 2.05) is 13.8 Å². The van der Waals surface area contributed by atoms with Crippen molar-refractivity contribution in [2.45, 2.75) is 83.0 Å². The maximum Gasteiger partial charge on any atom is 0.326 e. The smallest absolute Gasteiger partial charge is 0.326 e. The lowest BCUT2D eigenvalue weighted by Crippen LogP contribution is -2.57. The third-order valence-electron chi connectivity index (χ3n) is 5.42. The van der Waals surface area contributed by atoms with Gasteiger partial charge in [0.1, 0.15) is 18.1 Å². The first-order valence-electron chi connectivity index (χ1n) is 11.2. The molecule has 1 fully saturated rings. The van der Waals surface area contributed by atoms with Gasteiger partial charge in [0.05, 0.1) is 6.04 Å². The van der Waals surface area contributed by atoms with E-state index in [-0.39, 0.29) is 31.7 Å². The van der Waals surface area contributed by atoms with E-state index >= 15 is 0 Å². The standard InChI is InChI=1S/C21H34N4O9/c1-11(2)10-12(22)18(30)23-13(5-7-16(26)27)19(31)24-14(6-8-17(28)29)20(32)25-9-3-4-15(25)21(33)34/h11-15H,3-10,22H2,1-2H3,(H,23,30)(H,24,31)(H,26,27)(H,28,29)(H,33,34). The van der Waals surface area contributed by atoms with Crippen LogP contribution >= 0.6 is 0 Å². The predicted molar refractivity (Wildman–Crippen MR) is 117 cm³/mol. The summed E-state index contributed by atoms with van der Waals surface area (Å²) in [5.41, 5.74) is 5.84.